The van der Waals surface area contributed by atoms with Gasteiger partial charge in [-0.1, -0.05) is 11.8 Å². The Bertz CT molecular complexity index is 565. The first-order valence-electron chi connectivity index (χ1n) is 5.84. The van der Waals surface area contributed by atoms with Gasteiger partial charge in [-0.2, -0.15) is 5.10 Å². The van der Waals surface area contributed by atoms with E-state index >= 15 is 0 Å². The highest BCUT2D eigenvalue weighted by Crippen LogP contribution is 2.23. The fourth-order valence-corrected chi connectivity index (χ4v) is 2.51. The first-order valence-corrected chi connectivity index (χ1v) is 7.79. The Morgan fingerprint density at radius 1 is 1.29 bits per heavy atom. The van der Waals surface area contributed by atoms with Gasteiger partial charge in [0, 0.05) is 5.56 Å². The van der Waals surface area contributed by atoms with Gasteiger partial charge in [-0.05, 0) is 24.3 Å². The van der Waals surface area contributed by atoms with Crippen molar-refractivity contribution in [2.75, 3.05) is 11.8 Å². The van der Waals surface area contributed by atoms with Crippen LogP contribution in [-0.4, -0.2) is 34.2 Å². The third kappa shape index (κ3) is 4.52. The summed E-state index contributed by atoms with van der Waals surface area (Å²) in [4.78, 5) is 22.2. The number of amides is 1. The Morgan fingerprint density at radius 2 is 2.00 bits per heavy atom. The Hall–Kier alpha value is -1.44. The number of alkyl halides is 2. The van der Waals surface area contributed by atoms with Crippen LogP contribution in [0.5, 0.6) is 5.75 Å². The summed E-state index contributed by atoms with van der Waals surface area (Å²) in [6.07, 6.45) is 0. The minimum atomic E-state index is -0.512. The number of nitrogens with one attached hydrogen (secondary N) is 2. The molecule has 1 aliphatic rings. The maximum Gasteiger partial charge on any atom is 0.326 e. The van der Waals surface area contributed by atoms with Gasteiger partial charge in [0.25, 0.3) is 0 Å². The molecule has 2 N–H and O–H groups in total. The lowest BCUT2D eigenvalue weighted by molar-refractivity contribution is -0.131. The number of carbonyl (C=O) groups excluding carboxylic acids is 2. The van der Waals surface area contributed by atoms with Crippen molar-refractivity contribution in [3.63, 3.8) is 0 Å². The van der Waals surface area contributed by atoms with Crippen LogP contribution in [0.15, 0.2) is 29.4 Å². The smallest absolute Gasteiger partial charge is 0.326 e. The van der Waals surface area contributed by atoms with Crippen LogP contribution in [0.3, 0.4) is 0 Å². The van der Waals surface area contributed by atoms with E-state index in [0.29, 0.717) is 10.8 Å². The molecule has 21 heavy (non-hydrogen) atoms. The lowest BCUT2D eigenvalue weighted by Gasteiger charge is -2.09. The summed E-state index contributed by atoms with van der Waals surface area (Å²) in [6, 6.07) is 6.81. The first kappa shape index (κ1) is 15.9. The van der Waals surface area contributed by atoms with Crippen LogP contribution in [0.2, 0.25) is 0 Å². The Kier molecular flexibility index (Phi) is 5.72. The largest absolute Gasteiger partial charge is 0.426 e. The summed E-state index contributed by atoms with van der Waals surface area (Å²) in [5, 5.41) is 7.49. The molecule has 9 heteroatoms. The minimum Gasteiger partial charge on any atom is -0.426 e. The number of carbonyl (C=O) groups is 2. The molecule has 1 heterocycles. The third-order valence-electron chi connectivity index (χ3n) is 2.37. The van der Waals surface area contributed by atoms with Crippen molar-refractivity contribution in [3.8, 4) is 5.75 Å². The van der Waals surface area contributed by atoms with Gasteiger partial charge in [0.15, 0.2) is 5.50 Å². The van der Waals surface area contributed by atoms with Crippen molar-refractivity contribution >= 4 is 51.9 Å². The van der Waals surface area contributed by atoms with Crippen molar-refractivity contribution in [2.24, 2.45) is 5.10 Å². The summed E-state index contributed by atoms with van der Waals surface area (Å²) < 4.78 is 4.96. The van der Waals surface area contributed by atoms with Gasteiger partial charge in [0.2, 0.25) is 5.91 Å². The number of benzene rings is 1. The molecule has 0 aliphatic carbocycles. The molecule has 0 aromatic heterocycles. The summed E-state index contributed by atoms with van der Waals surface area (Å²) in [6.45, 7) is 0. The van der Waals surface area contributed by atoms with Gasteiger partial charge in [0.1, 0.15) is 22.6 Å². The van der Waals surface area contributed by atoms with Gasteiger partial charge in [-0.25, -0.2) is 0 Å². The molecule has 2 rings (SSSR count). The fourth-order valence-electron chi connectivity index (χ4n) is 1.48. The van der Waals surface area contributed by atoms with Gasteiger partial charge in [-0.15, -0.1) is 23.2 Å². The molecule has 0 spiro atoms. The predicted molar refractivity (Wildman–Crippen MR) is 82.7 cm³/mol. The molecule has 1 unspecified atom stereocenters. The highest BCUT2D eigenvalue weighted by molar-refractivity contribution is 8.15. The average Bonchev–Trinajstić information content (AvgIpc) is 2.96. The van der Waals surface area contributed by atoms with Crippen LogP contribution in [-0.2, 0) is 9.59 Å². The summed E-state index contributed by atoms with van der Waals surface area (Å²) in [5.41, 5.74) is 3.27. The molecular weight excluding hydrogens is 337 g/mol. The number of halogens is 2. The normalized spacial score (nSPS) is 16.9. The van der Waals surface area contributed by atoms with Crippen LogP contribution >= 0.6 is 35.0 Å². The predicted octanol–water partition coefficient (Wildman–Crippen LogP) is 1.47. The lowest BCUT2D eigenvalue weighted by atomic mass is 10.2. The van der Waals surface area contributed by atoms with Crippen LogP contribution in [0, 0.1) is 0 Å². The number of thioether (sulfide) groups is 1. The van der Waals surface area contributed by atoms with Crippen molar-refractivity contribution in [3.05, 3.63) is 29.8 Å². The number of hydrogen-bond acceptors (Lipinski definition) is 6. The number of ether oxygens (including phenoxy) is 1. The third-order valence-corrected chi connectivity index (χ3v) is 3.84. The quantitative estimate of drug-likeness (QED) is 0.479. The molecule has 0 saturated carbocycles. The van der Waals surface area contributed by atoms with Crippen molar-refractivity contribution in [2.45, 2.75) is 5.50 Å². The molecule has 0 radical (unpaired) electrons. The van der Waals surface area contributed by atoms with Gasteiger partial charge < -0.3 is 10.1 Å². The molecule has 1 amide bonds. The van der Waals surface area contributed by atoms with E-state index in [1.165, 1.54) is 11.8 Å². The van der Waals surface area contributed by atoms with Gasteiger partial charge >= 0.3 is 5.97 Å². The first-order chi connectivity index (χ1) is 10.1. The fraction of sp³-hybridized carbons (Fsp3) is 0.250. The summed E-state index contributed by atoms with van der Waals surface area (Å²) in [7, 11) is 0. The number of hydrogen-bond donors (Lipinski definition) is 2. The van der Waals surface area contributed by atoms with Crippen molar-refractivity contribution in [1.29, 1.82) is 0 Å². The second-order valence-corrected chi connectivity index (χ2v) is 5.51. The van der Waals surface area contributed by atoms with Crippen LogP contribution in [0.4, 0.5) is 0 Å². The van der Waals surface area contributed by atoms with Crippen molar-refractivity contribution < 1.29 is 14.3 Å². The van der Waals surface area contributed by atoms with E-state index in [-0.39, 0.29) is 23.2 Å². The molecular formula is C12H11Cl2N3O3S. The standard InChI is InChI=1S/C12H11Cl2N3O3S/c13-5-9(18)15-12-17-16-11(21-12)7-1-3-8(4-2-7)20-10(19)6-14/h1-4,12,17H,5-6H2,(H,15,18). The maximum absolute atomic E-state index is 11.2. The Labute approximate surface area is 135 Å². The lowest BCUT2D eigenvalue weighted by Crippen LogP contribution is -2.39. The Balaban J connectivity index is 1.94. The SMILES string of the molecule is O=C(CCl)NC1NN=C(c2ccc(OC(=O)CCl)cc2)S1. The average molecular weight is 348 g/mol. The molecule has 1 atom stereocenters. The molecule has 1 aromatic carbocycles. The second kappa shape index (κ2) is 7.53. The van der Waals surface area contributed by atoms with E-state index in [1.807, 2.05) is 0 Å². The van der Waals surface area contributed by atoms with E-state index in [0.717, 1.165) is 5.56 Å². The zero-order valence-electron chi connectivity index (χ0n) is 10.6. The molecule has 0 saturated heterocycles. The minimum absolute atomic E-state index is 0.102. The van der Waals surface area contributed by atoms with E-state index in [4.69, 9.17) is 27.9 Å². The van der Waals surface area contributed by atoms with E-state index in [1.54, 1.807) is 24.3 Å². The molecule has 1 aromatic rings. The van der Waals surface area contributed by atoms with E-state index < -0.39 is 5.97 Å². The van der Waals surface area contributed by atoms with Crippen LogP contribution in [0.25, 0.3) is 0 Å². The van der Waals surface area contributed by atoms with Crippen LogP contribution < -0.4 is 15.5 Å². The molecule has 0 fully saturated rings. The Morgan fingerprint density at radius 3 is 2.62 bits per heavy atom. The molecule has 6 nitrogen and oxygen atoms in total. The highest BCUT2D eigenvalue weighted by atomic mass is 35.5. The number of hydrazone groups is 1. The maximum atomic E-state index is 11.2. The second-order valence-electron chi connectivity index (χ2n) is 3.88. The van der Waals surface area contributed by atoms with Gasteiger partial charge in [0.05, 0.1) is 0 Å². The summed E-state index contributed by atoms with van der Waals surface area (Å²) in [5.74, 6) is -0.679. The van der Waals surface area contributed by atoms with Crippen molar-refractivity contribution in [1.82, 2.24) is 10.7 Å². The van der Waals surface area contributed by atoms with E-state index in [9.17, 15) is 9.59 Å². The summed E-state index contributed by atoms with van der Waals surface area (Å²) >= 11 is 12.1. The number of esters is 1. The molecule has 112 valence electrons. The van der Waals surface area contributed by atoms with E-state index in [2.05, 4.69) is 15.8 Å². The highest BCUT2D eigenvalue weighted by Gasteiger charge is 2.21. The topological polar surface area (TPSA) is 79.8 Å². The molecule has 0 bridgehead atoms. The number of nitrogens with zero attached hydrogens (tertiary/aromatic N) is 1. The zero-order valence-corrected chi connectivity index (χ0v) is 13.0. The number of rotatable bonds is 5. The van der Waals surface area contributed by atoms with Gasteiger partial charge in [-0.3, -0.25) is 15.0 Å². The monoisotopic (exact) mass is 347 g/mol. The zero-order chi connectivity index (χ0) is 15.2. The molecule has 1 aliphatic heterocycles. The van der Waals surface area contributed by atoms with Crippen LogP contribution in [0.1, 0.15) is 5.56 Å².